The van der Waals surface area contributed by atoms with E-state index in [4.69, 9.17) is 0 Å². The summed E-state index contributed by atoms with van der Waals surface area (Å²) in [6.45, 7) is 6.71. The van der Waals surface area contributed by atoms with Crippen molar-refractivity contribution in [3.8, 4) is 0 Å². The Bertz CT molecular complexity index is 889. The summed E-state index contributed by atoms with van der Waals surface area (Å²) < 4.78 is 29.1. The molecule has 0 aliphatic carbocycles. The molecule has 1 atom stereocenters. The van der Waals surface area contributed by atoms with Crippen LogP contribution in [0.2, 0.25) is 0 Å². The lowest BCUT2D eigenvalue weighted by Gasteiger charge is -2.31. The highest BCUT2D eigenvalue weighted by Gasteiger charge is 2.25. The third-order valence-electron chi connectivity index (χ3n) is 5.05. The van der Waals surface area contributed by atoms with Crippen molar-refractivity contribution in [1.29, 1.82) is 0 Å². The van der Waals surface area contributed by atoms with E-state index >= 15 is 0 Å². The van der Waals surface area contributed by atoms with Crippen LogP contribution in [0.25, 0.3) is 0 Å². The SMILES string of the molecule is CCN1CCC(n2nccc2NC(=O)[C@H](C)NS(=O)(=O)c2ccccc2)CC1. The van der Waals surface area contributed by atoms with Gasteiger partial charge in [-0.2, -0.15) is 9.82 Å². The third kappa shape index (κ3) is 4.78. The molecule has 152 valence electrons. The summed E-state index contributed by atoms with van der Waals surface area (Å²) in [5.41, 5.74) is 0. The molecule has 0 spiro atoms. The van der Waals surface area contributed by atoms with Gasteiger partial charge in [0.2, 0.25) is 15.9 Å². The quantitative estimate of drug-likeness (QED) is 0.733. The van der Waals surface area contributed by atoms with Crippen molar-refractivity contribution in [3.05, 3.63) is 42.6 Å². The van der Waals surface area contributed by atoms with Crippen molar-refractivity contribution in [3.63, 3.8) is 0 Å². The molecule has 1 aromatic carbocycles. The van der Waals surface area contributed by atoms with Gasteiger partial charge in [-0.05, 0) is 38.4 Å². The van der Waals surface area contributed by atoms with E-state index in [1.54, 1.807) is 30.5 Å². The summed E-state index contributed by atoms with van der Waals surface area (Å²) in [6, 6.07) is 9.04. The Morgan fingerprint density at radius 1 is 1.21 bits per heavy atom. The van der Waals surface area contributed by atoms with Crippen LogP contribution in [-0.2, 0) is 14.8 Å². The number of piperidine rings is 1. The van der Waals surface area contributed by atoms with Crippen LogP contribution < -0.4 is 10.0 Å². The largest absolute Gasteiger partial charge is 0.310 e. The van der Waals surface area contributed by atoms with E-state index in [-0.39, 0.29) is 10.9 Å². The molecule has 2 heterocycles. The third-order valence-corrected chi connectivity index (χ3v) is 6.61. The number of nitrogens with zero attached hydrogens (tertiary/aromatic N) is 3. The van der Waals surface area contributed by atoms with Crippen molar-refractivity contribution in [2.45, 2.75) is 43.7 Å². The molecule has 28 heavy (non-hydrogen) atoms. The van der Waals surface area contributed by atoms with Crippen LogP contribution in [-0.4, -0.2) is 54.7 Å². The predicted octanol–water partition coefficient (Wildman–Crippen LogP) is 1.85. The van der Waals surface area contributed by atoms with Gasteiger partial charge in [0, 0.05) is 19.2 Å². The molecule has 1 aromatic heterocycles. The zero-order valence-corrected chi connectivity index (χ0v) is 17.0. The van der Waals surface area contributed by atoms with Crippen LogP contribution in [0.4, 0.5) is 5.82 Å². The molecule has 0 saturated carbocycles. The molecule has 0 radical (unpaired) electrons. The van der Waals surface area contributed by atoms with E-state index in [2.05, 4.69) is 27.0 Å². The number of nitrogens with one attached hydrogen (secondary N) is 2. The van der Waals surface area contributed by atoms with E-state index in [0.717, 1.165) is 32.5 Å². The van der Waals surface area contributed by atoms with Crippen molar-refractivity contribution in [1.82, 2.24) is 19.4 Å². The monoisotopic (exact) mass is 405 g/mol. The lowest BCUT2D eigenvalue weighted by Crippen LogP contribution is -2.42. The summed E-state index contributed by atoms with van der Waals surface area (Å²) >= 11 is 0. The van der Waals surface area contributed by atoms with Gasteiger partial charge in [-0.15, -0.1) is 0 Å². The zero-order valence-electron chi connectivity index (χ0n) is 16.2. The van der Waals surface area contributed by atoms with Crippen molar-refractivity contribution in [2.75, 3.05) is 25.0 Å². The molecule has 8 nitrogen and oxygen atoms in total. The van der Waals surface area contributed by atoms with Crippen LogP contribution in [0.3, 0.4) is 0 Å². The van der Waals surface area contributed by atoms with Gasteiger partial charge in [0.05, 0.1) is 23.2 Å². The first-order valence-corrected chi connectivity index (χ1v) is 11.0. The number of carbonyl (C=O) groups is 1. The maximum Gasteiger partial charge on any atom is 0.243 e. The fraction of sp³-hybridized carbons (Fsp3) is 0.474. The van der Waals surface area contributed by atoms with E-state index in [1.807, 2.05) is 4.68 Å². The summed E-state index contributed by atoms with van der Waals surface area (Å²) in [6.07, 6.45) is 3.59. The van der Waals surface area contributed by atoms with Gasteiger partial charge in [0.1, 0.15) is 5.82 Å². The number of aromatic nitrogens is 2. The summed E-state index contributed by atoms with van der Waals surface area (Å²) in [4.78, 5) is 15.1. The Morgan fingerprint density at radius 2 is 1.89 bits per heavy atom. The van der Waals surface area contributed by atoms with Crippen molar-refractivity contribution < 1.29 is 13.2 Å². The second-order valence-corrected chi connectivity index (χ2v) is 8.69. The first-order valence-electron chi connectivity index (χ1n) is 9.55. The number of anilines is 1. The lowest BCUT2D eigenvalue weighted by atomic mass is 10.1. The highest BCUT2D eigenvalue weighted by Crippen LogP contribution is 2.25. The average molecular weight is 406 g/mol. The minimum Gasteiger partial charge on any atom is -0.310 e. The van der Waals surface area contributed by atoms with Gasteiger partial charge in [0.25, 0.3) is 0 Å². The van der Waals surface area contributed by atoms with Gasteiger partial charge in [-0.1, -0.05) is 25.1 Å². The summed E-state index contributed by atoms with van der Waals surface area (Å²) in [5, 5.41) is 7.18. The van der Waals surface area contributed by atoms with E-state index in [0.29, 0.717) is 5.82 Å². The zero-order chi connectivity index (χ0) is 20.1. The summed E-state index contributed by atoms with van der Waals surface area (Å²) in [5.74, 6) is 0.165. The van der Waals surface area contributed by atoms with Crippen LogP contribution in [0.5, 0.6) is 0 Å². The minimum atomic E-state index is -3.76. The molecule has 9 heteroatoms. The van der Waals surface area contributed by atoms with E-state index < -0.39 is 22.0 Å². The number of hydrogen-bond donors (Lipinski definition) is 2. The average Bonchev–Trinajstić information content (AvgIpc) is 3.16. The number of benzene rings is 1. The molecule has 3 rings (SSSR count). The Labute approximate surface area is 166 Å². The number of rotatable bonds is 7. The second kappa shape index (κ2) is 8.85. The van der Waals surface area contributed by atoms with Crippen LogP contribution >= 0.6 is 0 Å². The Morgan fingerprint density at radius 3 is 2.54 bits per heavy atom. The number of hydrogen-bond acceptors (Lipinski definition) is 5. The lowest BCUT2D eigenvalue weighted by molar-refractivity contribution is -0.117. The molecule has 2 N–H and O–H groups in total. The molecular weight excluding hydrogens is 378 g/mol. The molecule has 1 aliphatic heterocycles. The van der Waals surface area contributed by atoms with Gasteiger partial charge in [-0.3, -0.25) is 4.79 Å². The molecule has 2 aromatic rings. The molecule has 1 saturated heterocycles. The fourth-order valence-electron chi connectivity index (χ4n) is 3.37. The summed E-state index contributed by atoms with van der Waals surface area (Å²) in [7, 11) is -3.76. The smallest absolute Gasteiger partial charge is 0.243 e. The maximum absolute atomic E-state index is 12.6. The predicted molar refractivity (Wildman–Crippen MR) is 107 cm³/mol. The highest BCUT2D eigenvalue weighted by atomic mass is 32.2. The number of likely N-dealkylation sites (tertiary alicyclic amines) is 1. The van der Waals surface area contributed by atoms with E-state index in [9.17, 15) is 13.2 Å². The first-order chi connectivity index (χ1) is 13.4. The van der Waals surface area contributed by atoms with Gasteiger partial charge in [0.15, 0.2) is 0 Å². The highest BCUT2D eigenvalue weighted by molar-refractivity contribution is 7.89. The number of amides is 1. The molecule has 1 aliphatic rings. The second-order valence-electron chi connectivity index (χ2n) is 6.97. The Kier molecular flexibility index (Phi) is 6.48. The molecule has 1 amide bonds. The molecule has 0 bridgehead atoms. The van der Waals surface area contributed by atoms with E-state index in [1.165, 1.54) is 19.1 Å². The standard InChI is InChI=1S/C19H27N5O3S/c1-3-23-13-10-16(11-14-23)24-18(9-12-20-24)21-19(25)15(2)22-28(26,27)17-7-5-4-6-8-17/h4-9,12,15-16,22H,3,10-11,13-14H2,1-2H3,(H,21,25)/t15-/m0/s1. The normalized spacial score (nSPS) is 17.4. The van der Waals surface area contributed by atoms with Gasteiger partial charge >= 0.3 is 0 Å². The van der Waals surface area contributed by atoms with Crippen LogP contribution in [0.1, 0.15) is 32.7 Å². The topological polar surface area (TPSA) is 96.3 Å². The number of sulfonamides is 1. The first kappa shape index (κ1) is 20.5. The minimum absolute atomic E-state index is 0.127. The fourth-order valence-corrected chi connectivity index (χ4v) is 4.60. The Balaban J connectivity index is 1.63. The van der Waals surface area contributed by atoms with Crippen molar-refractivity contribution in [2.24, 2.45) is 0 Å². The molecule has 0 unspecified atom stereocenters. The van der Waals surface area contributed by atoms with Crippen LogP contribution in [0, 0.1) is 0 Å². The van der Waals surface area contributed by atoms with Crippen molar-refractivity contribution >= 4 is 21.7 Å². The van der Waals surface area contributed by atoms with Gasteiger partial charge < -0.3 is 10.2 Å². The molecule has 1 fully saturated rings. The number of carbonyl (C=O) groups excluding carboxylic acids is 1. The molecular formula is C19H27N5O3S. The van der Waals surface area contributed by atoms with Gasteiger partial charge in [-0.25, -0.2) is 13.1 Å². The maximum atomic E-state index is 12.6. The van der Waals surface area contributed by atoms with Crippen LogP contribution in [0.15, 0.2) is 47.5 Å². The Hall–Kier alpha value is -2.23.